The number of rotatable bonds is 4. The zero-order valence-corrected chi connectivity index (χ0v) is 18.1. The van der Waals surface area contributed by atoms with Crippen molar-refractivity contribution in [1.82, 2.24) is 9.80 Å². The minimum atomic E-state index is -1.02. The molecule has 2 aromatic rings. The maximum absolute atomic E-state index is 13.2. The molecule has 0 spiro atoms. The SMILES string of the molecule is O=C1N=C(CC2(c3cccc4ccccc34)CCCC2)N2CCN(C3CC3)C(=O)C2C1=O. The molecule has 1 saturated heterocycles. The van der Waals surface area contributed by atoms with Crippen molar-refractivity contribution in [3.63, 3.8) is 0 Å². The Morgan fingerprint density at radius 3 is 2.41 bits per heavy atom. The van der Waals surface area contributed by atoms with Gasteiger partial charge in [0.2, 0.25) is 0 Å². The van der Waals surface area contributed by atoms with Gasteiger partial charge in [-0.2, -0.15) is 4.99 Å². The molecule has 6 rings (SSSR count). The second kappa shape index (κ2) is 7.26. The highest BCUT2D eigenvalue weighted by Crippen LogP contribution is 2.47. The van der Waals surface area contributed by atoms with Gasteiger partial charge in [-0.3, -0.25) is 14.4 Å². The van der Waals surface area contributed by atoms with Gasteiger partial charge in [-0.1, -0.05) is 55.3 Å². The van der Waals surface area contributed by atoms with Crippen molar-refractivity contribution in [1.29, 1.82) is 0 Å². The number of aliphatic imine (C=N–C) groups is 1. The van der Waals surface area contributed by atoms with Crippen molar-refractivity contribution in [2.75, 3.05) is 13.1 Å². The largest absolute Gasteiger partial charge is 0.339 e. The van der Waals surface area contributed by atoms with E-state index in [1.807, 2.05) is 9.80 Å². The summed E-state index contributed by atoms with van der Waals surface area (Å²) in [4.78, 5) is 46.4. The van der Waals surface area contributed by atoms with Crippen LogP contribution in [0.15, 0.2) is 47.5 Å². The highest BCUT2D eigenvalue weighted by molar-refractivity contribution is 6.45. The van der Waals surface area contributed by atoms with Crippen LogP contribution in [0.1, 0.15) is 50.5 Å². The zero-order chi connectivity index (χ0) is 21.9. The molecular weight excluding hydrogens is 402 g/mol. The molecule has 2 heterocycles. The lowest BCUT2D eigenvalue weighted by Crippen LogP contribution is -2.65. The summed E-state index contributed by atoms with van der Waals surface area (Å²) >= 11 is 0. The molecule has 2 amide bonds. The van der Waals surface area contributed by atoms with Crippen molar-refractivity contribution < 1.29 is 14.4 Å². The van der Waals surface area contributed by atoms with E-state index in [0.717, 1.165) is 38.5 Å². The monoisotopic (exact) mass is 429 g/mol. The van der Waals surface area contributed by atoms with E-state index in [9.17, 15) is 14.4 Å². The lowest BCUT2D eigenvalue weighted by molar-refractivity contribution is -0.151. The summed E-state index contributed by atoms with van der Waals surface area (Å²) in [5, 5.41) is 2.45. The average Bonchev–Trinajstić information content (AvgIpc) is 3.54. The van der Waals surface area contributed by atoms with Gasteiger partial charge in [-0.15, -0.1) is 0 Å². The van der Waals surface area contributed by atoms with Crippen LogP contribution in [0.25, 0.3) is 10.8 Å². The summed E-state index contributed by atoms with van der Waals surface area (Å²) < 4.78 is 0. The number of ketones is 1. The van der Waals surface area contributed by atoms with Crippen LogP contribution in [-0.4, -0.2) is 58.4 Å². The minimum Gasteiger partial charge on any atom is -0.339 e. The Morgan fingerprint density at radius 2 is 1.62 bits per heavy atom. The van der Waals surface area contributed by atoms with Crippen molar-refractivity contribution in [2.45, 2.75) is 62.4 Å². The van der Waals surface area contributed by atoms with Crippen molar-refractivity contribution in [2.24, 2.45) is 4.99 Å². The predicted octanol–water partition coefficient (Wildman–Crippen LogP) is 3.22. The summed E-state index contributed by atoms with van der Waals surface area (Å²) in [6.07, 6.45) is 6.86. The van der Waals surface area contributed by atoms with Crippen LogP contribution in [0, 0.1) is 0 Å². The van der Waals surface area contributed by atoms with Crippen molar-refractivity contribution in [3.05, 3.63) is 48.0 Å². The molecule has 2 aliphatic heterocycles. The Bertz CT molecular complexity index is 1150. The molecular formula is C26H27N3O3. The quantitative estimate of drug-likeness (QED) is 0.553. The number of amidine groups is 1. The van der Waals surface area contributed by atoms with Crippen LogP contribution in [0.4, 0.5) is 0 Å². The van der Waals surface area contributed by atoms with Gasteiger partial charge in [0.1, 0.15) is 5.84 Å². The molecule has 2 aliphatic carbocycles. The average molecular weight is 430 g/mol. The number of Topliss-reactive ketones (excluding diaryl/α,β-unsaturated/α-hetero) is 1. The van der Waals surface area contributed by atoms with Crippen LogP contribution < -0.4 is 0 Å². The molecule has 0 N–H and O–H groups in total. The topological polar surface area (TPSA) is 70.1 Å². The first-order chi connectivity index (χ1) is 15.6. The number of benzene rings is 2. The second-order valence-electron chi connectivity index (χ2n) is 9.75. The maximum Gasteiger partial charge on any atom is 0.317 e. The number of fused-ring (bicyclic) bond motifs is 2. The summed E-state index contributed by atoms with van der Waals surface area (Å²) in [5.74, 6) is -1.03. The molecule has 0 radical (unpaired) electrons. The first-order valence-electron chi connectivity index (χ1n) is 11.8. The Balaban J connectivity index is 1.39. The van der Waals surface area contributed by atoms with Gasteiger partial charge in [-0.25, -0.2) is 0 Å². The number of hydrogen-bond acceptors (Lipinski definition) is 4. The predicted molar refractivity (Wildman–Crippen MR) is 121 cm³/mol. The third kappa shape index (κ3) is 2.99. The Morgan fingerprint density at radius 1 is 0.906 bits per heavy atom. The second-order valence-corrected chi connectivity index (χ2v) is 9.75. The van der Waals surface area contributed by atoms with E-state index in [-0.39, 0.29) is 17.4 Å². The third-order valence-corrected chi connectivity index (χ3v) is 7.84. The fourth-order valence-corrected chi connectivity index (χ4v) is 6.10. The number of amides is 2. The number of nitrogens with zero attached hydrogens (tertiary/aromatic N) is 3. The molecule has 3 fully saturated rings. The highest BCUT2D eigenvalue weighted by Gasteiger charge is 2.51. The normalized spacial score (nSPS) is 25.3. The number of carbonyl (C=O) groups is 3. The summed E-state index contributed by atoms with van der Waals surface area (Å²) in [6.45, 7) is 1.16. The van der Waals surface area contributed by atoms with Gasteiger partial charge in [0, 0.05) is 31.0 Å². The number of hydrogen-bond donors (Lipinski definition) is 0. The van der Waals surface area contributed by atoms with Crippen LogP contribution in [-0.2, 0) is 19.8 Å². The van der Waals surface area contributed by atoms with E-state index in [1.165, 1.54) is 16.3 Å². The molecule has 32 heavy (non-hydrogen) atoms. The molecule has 4 aliphatic rings. The number of carbonyl (C=O) groups excluding carboxylic acids is 3. The van der Waals surface area contributed by atoms with E-state index in [2.05, 4.69) is 47.5 Å². The first-order valence-corrected chi connectivity index (χ1v) is 11.8. The van der Waals surface area contributed by atoms with Crippen molar-refractivity contribution in [3.8, 4) is 0 Å². The standard InChI is InChI=1S/C26H27N3O3/c30-23-22-25(32)28(18-10-11-18)14-15-29(22)21(27-24(23)31)16-26(12-3-4-13-26)20-9-5-7-17-6-1-2-8-19(17)20/h1-2,5-9,18,22H,3-4,10-16H2. The van der Waals surface area contributed by atoms with Gasteiger partial charge in [0.15, 0.2) is 6.04 Å². The van der Waals surface area contributed by atoms with Crippen molar-refractivity contribution >= 4 is 34.2 Å². The third-order valence-electron chi connectivity index (χ3n) is 7.84. The minimum absolute atomic E-state index is 0.137. The molecule has 0 aromatic heterocycles. The molecule has 6 heteroatoms. The summed E-state index contributed by atoms with van der Waals surface area (Å²) in [7, 11) is 0. The van der Waals surface area contributed by atoms with Crippen LogP contribution in [0.5, 0.6) is 0 Å². The lowest BCUT2D eigenvalue weighted by atomic mass is 9.73. The molecule has 0 bridgehead atoms. The molecule has 6 nitrogen and oxygen atoms in total. The lowest BCUT2D eigenvalue weighted by Gasteiger charge is -2.44. The van der Waals surface area contributed by atoms with E-state index < -0.39 is 17.7 Å². The Labute approximate surface area is 187 Å². The van der Waals surface area contributed by atoms with Crippen LogP contribution in [0.2, 0.25) is 0 Å². The van der Waals surface area contributed by atoms with E-state index in [0.29, 0.717) is 25.3 Å². The smallest absolute Gasteiger partial charge is 0.317 e. The Hall–Kier alpha value is -3.02. The Kier molecular flexibility index (Phi) is 4.46. The zero-order valence-electron chi connectivity index (χ0n) is 18.1. The fourth-order valence-electron chi connectivity index (χ4n) is 6.10. The molecule has 1 unspecified atom stereocenters. The van der Waals surface area contributed by atoms with E-state index in [4.69, 9.17) is 0 Å². The molecule has 2 aromatic carbocycles. The van der Waals surface area contributed by atoms with E-state index in [1.54, 1.807) is 0 Å². The maximum atomic E-state index is 13.2. The van der Waals surface area contributed by atoms with Gasteiger partial charge in [0.25, 0.3) is 11.7 Å². The van der Waals surface area contributed by atoms with Gasteiger partial charge in [0.05, 0.1) is 0 Å². The van der Waals surface area contributed by atoms with E-state index >= 15 is 0 Å². The van der Waals surface area contributed by atoms with Crippen LogP contribution >= 0.6 is 0 Å². The molecule has 164 valence electrons. The summed E-state index contributed by atoms with van der Waals surface area (Å²) in [6, 6.07) is 14.1. The van der Waals surface area contributed by atoms with Gasteiger partial charge < -0.3 is 9.80 Å². The van der Waals surface area contributed by atoms with Gasteiger partial charge in [-0.05, 0) is 42.0 Å². The molecule has 1 atom stereocenters. The van der Waals surface area contributed by atoms with Crippen LogP contribution in [0.3, 0.4) is 0 Å². The molecule has 2 saturated carbocycles. The summed E-state index contributed by atoms with van der Waals surface area (Å²) in [5.41, 5.74) is 1.15. The first kappa shape index (κ1) is 19.6. The number of piperazine rings is 1. The van der Waals surface area contributed by atoms with Gasteiger partial charge >= 0.3 is 5.91 Å². The highest BCUT2D eigenvalue weighted by atomic mass is 16.2. The fraction of sp³-hybridized carbons (Fsp3) is 0.462.